The number of hydrogen-bond acceptors (Lipinski definition) is 3. The molecule has 0 fully saturated rings. The van der Waals surface area contributed by atoms with Crippen molar-refractivity contribution in [1.29, 1.82) is 0 Å². The summed E-state index contributed by atoms with van der Waals surface area (Å²) in [4.78, 5) is 17.3. The van der Waals surface area contributed by atoms with Crippen LogP contribution in [0.4, 0.5) is 0 Å². The van der Waals surface area contributed by atoms with Gasteiger partial charge in [0.05, 0.1) is 12.3 Å². The molecule has 26 heavy (non-hydrogen) atoms. The minimum atomic E-state index is -0.110. The van der Waals surface area contributed by atoms with Gasteiger partial charge in [0.2, 0.25) is 0 Å². The van der Waals surface area contributed by atoms with Gasteiger partial charge in [-0.15, -0.1) is 0 Å². The number of pyridine rings is 1. The van der Waals surface area contributed by atoms with E-state index in [1.54, 1.807) is 0 Å². The van der Waals surface area contributed by atoms with Gasteiger partial charge in [0.25, 0.3) is 5.91 Å². The number of nitrogens with one attached hydrogen (secondary N) is 1. The van der Waals surface area contributed by atoms with Crippen molar-refractivity contribution in [3.63, 3.8) is 0 Å². The third-order valence-corrected chi connectivity index (χ3v) is 4.11. The molecule has 5 nitrogen and oxygen atoms in total. The summed E-state index contributed by atoms with van der Waals surface area (Å²) in [6, 6.07) is 13.6. The molecule has 0 unspecified atom stereocenters. The Balaban J connectivity index is 1.67. The Morgan fingerprint density at radius 1 is 1.19 bits per heavy atom. The molecule has 0 spiro atoms. The predicted molar refractivity (Wildman–Crippen MR) is 103 cm³/mol. The number of fused-ring (bicyclic) bond motifs is 1. The van der Waals surface area contributed by atoms with Crippen molar-refractivity contribution < 1.29 is 9.53 Å². The van der Waals surface area contributed by atoms with Crippen molar-refractivity contribution in [2.45, 2.75) is 33.7 Å². The van der Waals surface area contributed by atoms with Crippen LogP contribution in [0.2, 0.25) is 0 Å². The first-order valence-electron chi connectivity index (χ1n) is 9.04. The maximum Gasteiger partial charge on any atom is 0.270 e. The predicted octanol–water partition coefficient (Wildman–Crippen LogP) is 3.86. The van der Waals surface area contributed by atoms with E-state index in [9.17, 15) is 4.79 Å². The van der Waals surface area contributed by atoms with Crippen LogP contribution in [0.3, 0.4) is 0 Å². The first-order chi connectivity index (χ1) is 12.6. The van der Waals surface area contributed by atoms with E-state index in [0.29, 0.717) is 31.2 Å². The molecule has 3 rings (SSSR count). The summed E-state index contributed by atoms with van der Waals surface area (Å²) in [7, 11) is 0. The number of benzene rings is 1. The highest BCUT2D eigenvalue weighted by molar-refractivity contribution is 5.94. The minimum Gasteiger partial charge on any atom is -0.493 e. The van der Waals surface area contributed by atoms with Gasteiger partial charge in [-0.05, 0) is 42.2 Å². The van der Waals surface area contributed by atoms with Crippen LogP contribution in [0.5, 0.6) is 5.75 Å². The number of imidazole rings is 1. The number of rotatable bonds is 7. The average molecular weight is 351 g/mol. The van der Waals surface area contributed by atoms with Crippen molar-refractivity contribution in [1.82, 2.24) is 14.7 Å². The summed E-state index contributed by atoms with van der Waals surface area (Å²) in [5, 5.41) is 3.00. The van der Waals surface area contributed by atoms with Gasteiger partial charge < -0.3 is 10.1 Å². The number of hydrogen-bond donors (Lipinski definition) is 1. The van der Waals surface area contributed by atoms with E-state index >= 15 is 0 Å². The fourth-order valence-corrected chi connectivity index (χ4v) is 2.76. The van der Waals surface area contributed by atoms with E-state index in [2.05, 4.69) is 24.1 Å². The van der Waals surface area contributed by atoms with E-state index in [4.69, 9.17) is 4.74 Å². The maximum absolute atomic E-state index is 12.7. The quantitative estimate of drug-likeness (QED) is 0.703. The standard InChI is InChI=1S/C21H25N3O2/c1-4-18-20(24-12-6-5-7-19(24)23-18)21(25)22-13-16-8-10-17(11-9-16)26-14-15(2)3/h5-12,15H,4,13-14H2,1-3H3,(H,22,25). The van der Waals surface area contributed by atoms with Crippen molar-refractivity contribution in [3.05, 3.63) is 65.6 Å². The van der Waals surface area contributed by atoms with Gasteiger partial charge in [-0.2, -0.15) is 0 Å². The number of aryl methyl sites for hydroxylation is 1. The van der Waals surface area contributed by atoms with Crippen LogP contribution >= 0.6 is 0 Å². The molecule has 0 atom stereocenters. The lowest BCUT2D eigenvalue weighted by Crippen LogP contribution is -2.25. The number of carbonyl (C=O) groups is 1. The minimum absolute atomic E-state index is 0.110. The van der Waals surface area contributed by atoms with Crippen LogP contribution in [0.25, 0.3) is 5.65 Å². The third-order valence-electron chi connectivity index (χ3n) is 4.11. The first-order valence-corrected chi connectivity index (χ1v) is 9.04. The average Bonchev–Trinajstić information content (AvgIpc) is 3.04. The largest absolute Gasteiger partial charge is 0.493 e. The SMILES string of the molecule is CCc1nc2ccccn2c1C(=O)NCc1ccc(OCC(C)C)cc1. The summed E-state index contributed by atoms with van der Waals surface area (Å²) < 4.78 is 7.53. The van der Waals surface area contributed by atoms with Gasteiger partial charge in [0.15, 0.2) is 0 Å². The number of carbonyl (C=O) groups excluding carboxylic acids is 1. The van der Waals surface area contributed by atoms with E-state index in [1.165, 1.54) is 0 Å². The molecule has 0 radical (unpaired) electrons. The smallest absolute Gasteiger partial charge is 0.270 e. The van der Waals surface area contributed by atoms with Gasteiger partial charge in [-0.1, -0.05) is 39.0 Å². The number of nitrogens with zero attached hydrogens (tertiary/aromatic N) is 2. The molecule has 2 aromatic heterocycles. The van der Waals surface area contributed by atoms with E-state index in [0.717, 1.165) is 22.7 Å². The second-order valence-electron chi connectivity index (χ2n) is 6.72. The molecule has 2 heterocycles. The zero-order chi connectivity index (χ0) is 18.5. The molecule has 136 valence electrons. The zero-order valence-corrected chi connectivity index (χ0v) is 15.5. The maximum atomic E-state index is 12.7. The van der Waals surface area contributed by atoms with Crippen molar-refractivity contribution in [2.75, 3.05) is 6.61 Å². The lowest BCUT2D eigenvalue weighted by Gasteiger charge is -2.10. The number of ether oxygens (including phenoxy) is 1. The number of amides is 1. The Hall–Kier alpha value is -2.82. The summed E-state index contributed by atoms with van der Waals surface area (Å²) in [5.41, 5.74) is 3.24. The lowest BCUT2D eigenvalue weighted by atomic mass is 10.2. The molecule has 0 aliphatic carbocycles. The molecule has 0 saturated heterocycles. The summed E-state index contributed by atoms with van der Waals surface area (Å²) >= 11 is 0. The Morgan fingerprint density at radius 2 is 1.96 bits per heavy atom. The normalized spacial score (nSPS) is 11.1. The second kappa shape index (κ2) is 8.04. The fraction of sp³-hybridized carbons (Fsp3) is 0.333. The van der Waals surface area contributed by atoms with Crippen LogP contribution in [0, 0.1) is 5.92 Å². The summed E-state index contributed by atoms with van der Waals surface area (Å²) in [6.45, 7) is 7.41. The molecule has 3 aromatic rings. The van der Waals surface area contributed by atoms with E-state index < -0.39 is 0 Å². The molecule has 1 amide bonds. The lowest BCUT2D eigenvalue weighted by molar-refractivity contribution is 0.0944. The number of aromatic nitrogens is 2. The van der Waals surface area contributed by atoms with Gasteiger partial charge in [0, 0.05) is 12.7 Å². The van der Waals surface area contributed by atoms with Crippen LogP contribution in [0.15, 0.2) is 48.7 Å². The van der Waals surface area contributed by atoms with Crippen LogP contribution < -0.4 is 10.1 Å². The second-order valence-corrected chi connectivity index (χ2v) is 6.72. The van der Waals surface area contributed by atoms with E-state index in [-0.39, 0.29) is 5.91 Å². The Morgan fingerprint density at radius 3 is 2.65 bits per heavy atom. The van der Waals surface area contributed by atoms with Gasteiger partial charge in [0.1, 0.15) is 17.1 Å². The Kier molecular flexibility index (Phi) is 5.56. The first kappa shape index (κ1) is 18.0. The molecular weight excluding hydrogens is 326 g/mol. The topological polar surface area (TPSA) is 55.6 Å². The Bertz CT molecular complexity index is 882. The van der Waals surface area contributed by atoms with Gasteiger partial charge in [-0.3, -0.25) is 9.20 Å². The summed E-state index contributed by atoms with van der Waals surface area (Å²) in [6.07, 6.45) is 2.59. The molecule has 0 aliphatic heterocycles. The van der Waals surface area contributed by atoms with Gasteiger partial charge >= 0.3 is 0 Å². The van der Waals surface area contributed by atoms with Crippen molar-refractivity contribution >= 4 is 11.6 Å². The molecule has 0 saturated carbocycles. The van der Waals surface area contributed by atoms with Crippen LogP contribution in [0.1, 0.15) is 42.5 Å². The Labute approximate surface area is 154 Å². The van der Waals surface area contributed by atoms with Crippen LogP contribution in [-0.4, -0.2) is 21.9 Å². The molecule has 1 N–H and O–H groups in total. The fourth-order valence-electron chi connectivity index (χ4n) is 2.76. The van der Waals surface area contributed by atoms with Crippen molar-refractivity contribution in [3.8, 4) is 5.75 Å². The molecule has 1 aromatic carbocycles. The van der Waals surface area contributed by atoms with E-state index in [1.807, 2.05) is 60.0 Å². The van der Waals surface area contributed by atoms with Gasteiger partial charge in [-0.25, -0.2) is 4.98 Å². The molecule has 5 heteroatoms. The van der Waals surface area contributed by atoms with Crippen molar-refractivity contribution in [2.24, 2.45) is 5.92 Å². The summed E-state index contributed by atoms with van der Waals surface area (Å²) in [5.74, 6) is 1.23. The highest BCUT2D eigenvalue weighted by Crippen LogP contribution is 2.15. The highest BCUT2D eigenvalue weighted by atomic mass is 16.5. The zero-order valence-electron chi connectivity index (χ0n) is 15.5. The molecule has 0 aliphatic rings. The molecular formula is C21H25N3O2. The van der Waals surface area contributed by atoms with Crippen LogP contribution in [-0.2, 0) is 13.0 Å². The third kappa shape index (κ3) is 4.04. The highest BCUT2D eigenvalue weighted by Gasteiger charge is 2.17. The molecule has 0 bridgehead atoms. The monoisotopic (exact) mass is 351 g/mol.